The average Bonchev–Trinajstić information content (AvgIpc) is 3.09. The zero-order chi connectivity index (χ0) is 10.5. The molecule has 0 bridgehead atoms. The Labute approximate surface area is 91.3 Å². The van der Waals surface area contributed by atoms with Crippen LogP contribution in [0.5, 0.6) is 0 Å². The first-order valence-electron chi connectivity index (χ1n) is 5.89. The van der Waals surface area contributed by atoms with E-state index in [1.54, 1.807) is 6.33 Å². The van der Waals surface area contributed by atoms with E-state index in [0.29, 0.717) is 6.04 Å². The summed E-state index contributed by atoms with van der Waals surface area (Å²) >= 11 is 0. The summed E-state index contributed by atoms with van der Waals surface area (Å²) in [6.07, 6.45) is 8.86. The highest BCUT2D eigenvalue weighted by Gasteiger charge is 2.23. The van der Waals surface area contributed by atoms with Crippen molar-refractivity contribution in [3.05, 3.63) is 24.3 Å². The monoisotopic (exact) mass is 205 g/mol. The van der Waals surface area contributed by atoms with Crippen LogP contribution in [0, 0.1) is 5.92 Å². The Balaban J connectivity index is 1.91. The molecule has 0 spiro atoms. The van der Waals surface area contributed by atoms with Crippen LogP contribution >= 0.6 is 0 Å². The molecule has 1 unspecified atom stereocenters. The maximum Gasteiger partial charge on any atom is 0.115 e. The molecule has 0 aliphatic heterocycles. The Morgan fingerprint density at radius 1 is 1.53 bits per heavy atom. The minimum atomic E-state index is 0.415. The molecule has 2 rings (SSSR count). The summed E-state index contributed by atoms with van der Waals surface area (Å²) in [5.74, 6) is 0.994. The summed E-state index contributed by atoms with van der Waals surface area (Å²) in [5, 5.41) is 3.49. The number of nitrogens with zero attached hydrogens (tertiary/aromatic N) is 2. The average molecular weight is 205 g/mol. The van der Waals surface area contributed by atoms with Crippen molar-refractivity contribution in [2.75, 3.05) is 6.54 Å². The summed E-state index contributed by atoms with van der Waals surface area (Å²) in [6, 6.07) is 2.43. The van der Waals surface area contributed by atoms with E-state index in [9.17, 15) is 0 Å². The molecule has 1 N–H and O–H groups in total. The summed E-state index contributed by atoms with van der Waals surface area (Å²) in [7, 11) is 0. The fraction of sp³-hybridized carbons (Fsp3) is 0.667. The normalized spacial score (nSPS) is 17.7. The molecule has 0 aromatic carbocycles. The van der Waals surface area contributed by atoms with Crippen molar-refractivity contribution in [3.63, 3.8) is 0 Å². The van der Waals surface area contributed by atoms with Gasteiger partial charge < -0.3 is 5.32 Å². The smallest absolute Gasteiger partial charge is 0.115 e. The van der Waals surface area contributed by atoms with Gasteiger partial charge in [-0.25, -0.2) is 9.97 Å². The van der Waals surface area contributed by atoms with Crippen LogP contribution in [0.15, 0.2) is 18.6 Å². The van der Waals surface area contributed by atoms with Crippen molar-refractivity contribution in [1.29, 1.82) is 0 Å². The predicted octanol–water partition coefficient (Wildman–Crippen LogP) is 2.32. The van der Waals surface area contributed by atoms with Gasteiger partial charge in [-0.3, -0.25) is 0 Å². The second kappa shape index (κ2) is 5.21. The van der Waals surface area contributed by atoms with Gasteiger partial charge in [-0.15, -0.1) is 0 Å². The lowest BCUT2D eigenvalue weighted by Crippen LogP contribution is -2.22. The van der Waals surface area contributed by atoms with E-state index in [1.165, 1.54) is 25.7 Å². The quantitative estimate of drug-likeness (QED) is 0.774. The number of hydrogen-bond acceptors (Lipinski definition) is 3. The molecule has 0 amide bonds. The Hall–Kier alpha value is -0.960. The highest BCUT2D eigenvalue weighted by molar-refractivity contribution is 5.04. The van der Waals surface area contributed by atoms with E-state index in [0.717, 1.165) is 18.2 Å². The van der Waals surface area contributed by atoms with Crippen molar-refractivity contribution >= 4 is 0 Å². The summed E-state index contributed by atoms with van der Waals surface area (Å²) in [6.45, 7) is 3.14. The van der Waals surface area contributed by atoms with Gasteiger partial charge in [-0.05, 0) is 31.4 Å². The zero-order valence-corrected chi connectivity index (χ0v) is 9.32. The minimum absolute atomic E-state index is 0.415. The van der Waals surface area contributed by atoms with E-state index in [4.69, 9.17) is 0 Å². The van der Waals surface area contributed by atoms with E-state index >= 15 is 0 Å². The molecule has 3 heteroatoms. The molecule has 1 aliphatic carbocycles. The van der Waals surface area contributed by atoms with Gasteiger partial charge in [0, 0.05) is 12.2 Å². The first kappa shape index (κ1) is 10.6. The van der Waals surface area contributed by atoms with E-state index < -0.39 is 0 Å². The van der Waals surface area contributed by atoms with Crippen LogP contribution in [0.3, 0.4) is 0 Å². The Morgan fingerprint density at radius 2 is 2.40 bits per heavy atom. The number of aromatic nitrogens is 2. The van der Waals surface area contributed by atoms with Crippen molar-refractivity contribution in [3.8, 4) is 0 Å². The molecule has 15 heavy (non-hydrogen) atoms. The minimum Gasteiger partial charge on any atom is -0.309 e. The molecule has 1 aromatic heterocycles. The second-order valence-electron chi connectivity index (χ2n) is 4.27. The SMILES string of the molecule is CCNC(CCC1CC1)c1ccncn1. The molecule has 0 saturated heterocycles. The summed E-state index contributed by atoms with van der Waals surface area (Å²) in [5.41, 5.74) is 1.13. The number of nitrogens with one attached hydrogen (secondary N) is 1. The molecule has 1 atom stereocenters. The van der Waals surface area contributed by atoms with Gasteiger partial charge >= 0.3 is 0 Å². The maximum atomic E-state index is 4.32. The van der Waals surface area contributed by atoms with E-state index in [-0.39, 0.29) is 0 Å². The highest BCUT2D eigenvalue weighted by atomic mass is 14.9. The third-order valence-corrected chi connectivity index (χ3v) is 2.97. The van der Waals surface area contributed by atoms with Crippen LogP contribution in [-0.4, -0.2) is 16.5 Å². The Morgan fingerprint density at radius 3 is 3.00 bits per heavy atom. The standard InChI is InChI=1S/C12H19N3/c1-2-14-11(6-5-10-3-4-10)12-7-8-13-9-15-12/h7-11,14H,2-6H2,1H3. The van der Waals surface area contributed by atoms with Crippen LogP contribution < -0.4 is 5.32 Å². The van der Waals surface area contributed by atoms with Crippen LogP contribution in [0.2, 0.25) is 0 Å². The van der Waals surface area contributed by atoms with Gasteiger partial charge in [-0.1, -0.05) is 19.8 Å². The van der Waals surface area contributed by atoms with Crippen molar-refractivity contribution < 1.29 is 0 Å². The number of hydrogen-bond donors (Lipinski definition) is 1. The summed E-state index contributed by atoms with van der Waals surface area (Å²) < 4.78 is 0. The molecule has 1 aliphatic rings. The molecular formula is C12H19N3. The molecule has 1 heterocycles. The predicted molar refractivity (Wildman–Crippen MR) is 60.4 cm³/mol. The molecule has 82 valence electrons. The maximum absolute atomic E-state index is 4.32. The largest absolute Gasteiger partial charge is 0.309 e. The first-order chi connectivity index (χ1) is 7.40. The van der Waals surface area contributed by atoms with Crippen LogP contribution in [0.25, 0.3) is 0 Å². The van der Waals surface area contributed by atoms with Crippen molar-refractivity contribution in [2.24, 2.45) is 5.92 Å². The van der Waals surface area contributed by atoms with Gasteiger partial charge in [0.1, 0.15) is 6.33 Å². The fourth-order valence-electron chi connectivity index (χ4n) is 1.92. The number of rotatable bonds is 6. The van der Waals surface area contributed by atoms with Gasteiger partial charge in [0.15, 0.2) is 0 Å². The molecule has 1 aromatic rings. The lowest BCUT2D eigenvalue weighted by molar-refractivity contribution is 0.471. The molecule has 1 saturated carbocycles. The third kappa shape index (κ3) is 3.27. The lowest BCUT2D eigenvalue weighted by Gasteiger charge is -2.16. The molecule has 1 fully saturated rings. The lowest BCUT2D eigenvalue weighted by atomic mass is 10.1. The van der Waals surface area contributed by atoms with Gasteiger partial charge in [0.25, 0.3) is 0 Å². The second-order valence-corrected chi connectivity index (χ2v) is 4.27. The van der Waals surface area contributed by atoms with E-state index in [2.05, 4.69) is 22.2 Å². The topological polar surface area (TPSA) is 37.8 Å². The van der Waals surface area contributed by atoms with Gasteiger partial charge in [0.05, 0.1) is 5.69 Å². The molecule has 3 nitrogen and oxygen atoms in total. The third-order valence-electron chi connectivity index (χ3n) is 2.97. The first-order valence-corrected chi connectivity index (χ1v) is 5.89. The Bertz CT molecular complexity index is 282. The Kier molecular flexibility index (Phi) is 3.67. The highest BCUT2D eigenvalue weighted by Crippen LogP contribution is 2.35. The van der Waals surface area contributed by atoms with Crippen molar-refractivity contribution in [2.45, 2.75) is 38.6 Å². The van der Waals surface area contributed by atoms with Crippen LogP contribution in [0.4, 0.5) is 0 Å². The summed E-state index contributed by atoms with van der Waals surface area (Å²) in [4.78, 5) is 8.28. The van der Waals surface area contributed by atoms with Crippen LogP contribution in [0.1, 0.15) is 44.3 Å². The van der Waals surface area contributed by atoms with Crippen LogP contribution in [-0.2, 0) is 0 Å². The van der Waals surface area contributed by atoms with Gasteiger partial charge in [-0.2, -0.15) is 0 Å². The van der Waals surface area contributed by atoms with E-state index in [1.807, 2.05) is 12.3 Å². The fourth-order valence-corrected chi connectivity index (χ4v) is 1.92. The molecular weight excluding hydrogens is 186 g/mol. The van der Waals surface area contributed by atoms with Gasteiger partial charge in [0.2, 0.25) is 0 Å². The zero-order valence-electron chi connectivity index (χ0n) is 9.32. The van der Waals surface area contributed by atoms with Crippen molar-refractivity contribution in [1.82, 2.24) is 15.3 Å². The molecule has 0 radical (unpaired) electrons.